The van der Waals surface area contributed by atoms with Crippen molar-refractivity contribution < 1.29 is 4.52 Å². The van der Waals surface area contributed by atoms with Gasteiger partial charge in [-0.05, 0) is 26.7 Å². The van der Waals surface area contributed by atoms with E-state index in [-0.39, 0.29) is 0 Å². The molecule has 0 aliphatic rings. The molecular weight excluding hydrogens is 206 g/mol. The molecule has 0 atom stereocenters. The van der Waals surface area contributed by atoms with Crippen molar-refractivity contribution in [1.82, 2.24) is 5.16 Å². The van der Waals surface area contributed by atoms with Crippen molar-refractivity contribution in [1.29, 1.82) is 0 Å². The van der Waals surface area contributed by atoms with Crippen molar-refractivity contribution in [2.45, 2.75) is 26.7 Å². The summed E-state index contributed by atoms with van der Waals surface area (Å²) in [4.78, 5) is 0. The van der Waals surface area contributed by atoms with Gasteiger partial charge < -0.3 is 4.52 Å². The van der Waals surface area contributed by atoms with Crippen LogP contribution in [0.4, 0.5) is 0 Å². The Morgan fingerprint density at radius 1 is 1.45 bits per heavy atom. The van der Waals surface area contributed by atoms with E-state index in [1.54, 1.807) is 0 Å². The number of hydrogen-bond donors (Lipinski definition) is 0. The van der Waals surface area contributed by atoms with E-state index < -0.39 is 0 Å². The molecule has 3 heteroatoms. The predicted octanol–water partition coefficient (Wildman–Crippen LogP) is 2.62. The summed E-state index contributed by atoms with van der Waals surface area (Å²) in [7, 11) is 0. The number of alkyl halides is 1. The third-order valence-corrected chi connectivity index (χ3v) is 2.30. The summed E-state index contributed by atoms with van der Waals surface area (Å²) < 4.78 is 5.03. The number of hydrogen-bond acceptors (Lipinski definition) is 2. The number of aryl methyl sites for hydroxylation is 2. The Balaban J connectivity index is 2.67. The standard InChI is InChI=1S/C8H12BrNO/c1-6-8(4-3-5-9)7(2)11-10-6/h3-5H2,1-2H3. The van der Waals surface area contributed by atoms with Crippen molar-refractivity contribution >= 4 is 15.9 Å². The topological polar surface area (TPSA) is 26.0 Å². The molecule has 0 radical (unpaired) electrons. The van der Waals surface area contributed by atoms with Crippen LogP contribution >= 0.6 is 15.9 Å². The Kier molecular flexibility index (Phi) is 3.12. The highest BCUT2D eigenvalue weighted by atomic mass is 79.9. The van der Waals surface area contributed by atoms with Crippen LogP contribution in [0.1, 0.15) is 23.4 Å². The molecule has 0 aromatic carbocycles. The molecule has 11 heavy (non-hydrogen) atoms. The molecule has 0 unspecified atom stereocenters. The average Bonchev–Trinajstić information content (AvgIpc) is 2.29. The first kappa shape index (κ1) is 8.78. The SMILES string of the molecule is Cc1noc(C)c1CCCBr. The molecule has 0 saturated carbocycles. The zero-order valence-corrected chi connectivity index (χ0v) is 8.44. The van der Waals surface area contributed by atoms with Gasteiger partial charge in [-0.25, -0.2) is 0 Å². The second-order valence-corrected chi connectivity index (χ2v) is 3.39. The molecule has 0 N–H and O–H groups in total. The van der Waals surface area contributed by atoms with Crippen LogP contribution in [0.2, 0.25) is 0 Å². The minimum absolute atomic E-state index is 0.962. The van der Waals surface area contributed by atoms with E-state index in [4.69, 9.17) is 4.52 Å². The number of aromatic nitrogens is 1. The zero-order valence-electron chi connectivity index (χ0n) is 6.85. The summed E-state index contributed by atoms with van der Waals surface area (Å²) in [6.07, 6.45) is 2.20. The Hall–Kier alpha value is -0.310. The Morgan fingerprint density at radius 3 is 2.64 bits per heavy atom. The highest BCUT2D eigenvalue weighted by Gasteiger charge is 2.06. The Morgan fingerprint density at radius 2 is 2.18 bits per heavy atom. The monoisotopic (exact) mass is 217 g/mol. The Labute approximate surface area is 75.1 Å². The van der Waals surface area contributed by atoms with Crippen LogP contribution in [-0.2, 0) is 6.42 Å². The summed E-state index contributed by atoms with van der Waals surface area (Å²) in [6, 6.07) is 0. The van der Waals surface area contributed by atoms with E-state index in [1.807, 2.05) is 13.8 Å². The van der Waals surface area contributed by atoms with Gasteiger partial charge in [0.05, 0.1) is 5.69 Å². The lowest BCUT2D eigenvalue weighted by molar-refractivity contribution is 0.392. The van der Waals surface area contributed by atoms with Crippen molar-refractivity contribution in [2.24, 2.45) is 0 Å². The predicted molar refractivity (Wildman–Crippen MR) is 48.1 cm³/mol. The molecule has 1 rings (SSSR count). The second-order valence-electron chi connectivity index (χ2n) is 2.60. The molecule has 0 aliphatic heterocycles. The molecule has 0 amide bonds. The van der Waals surface area contributed by atoms with Crippen LogP contribution in [0.3, 0.4) is 0 Å². The minimum atomic E-state index is 0.962. The number of halogens is 1. The first-order chi connectivity index (χ1) is 5.25. The van der Waals surface area contributed by atoms with Crippen LogP contribution in [0.5, 0.6) is 0 Å². The summed E-state index contributed by atoms with van der Waals surface area (Å²) in [5.74, 6) is 0.962. The summed E-state index contributed by atoms with van der Waals surface area (Å²) in [5.41, 5.74) is 2.30. The molecular formula is C8H12BrNO. The molecule has 0 spiro atoms. The van der Waals surface area contributed by atoms with Gasteiger partial charge in [0.1, 0.15) is 5.76 Å². The van der Waals surface area contributed by atoms with Crippen molar-refractivity contribution in [3.05, 3.63) is 17.0 Å². The van der Waals surface area contributed by atoms with Gasteiger partial charge in [0.25, 0.3) is 0 Å². The molecule has 1 heterocycles. The molecule has 0 aliphatic carbocycles. The maximum absolute atomic E-state index is 5.03. The fourth-order valence-corrected chi connectivity index (χ4v) is 1.38. The normalized spacial score (nSPS) is 10.5. The summed E-state index contributed by atoms with van der Waals surface area (Å²) >= 11 is 3.39. The van der Waals surface area contributed by atoms with Crippen molar-refractivity contribution in [3.8, 4) is 0 Å². The maximum Gasteiger partial charge on any atom is 0.137 e. The molecule has 0 fully saturated rings. The Bertz CT molecular complexity index is 212. The van der Waals surface area contributed by atoms with E-state index in [1.165, 1.54) is 5.56 Å². The lowest BCUT2D eigenvalue weighted by atomic mass is 10.1. The highest BCUT2D eigenvalue weighted by Crippen LogP contribution is 2.14. The maximum atomic E-state index is 5.03. The lowest BCUT2D eigenvalue weighted by Gasteiger charge is -1.95. The molecule has 62 valence electrons. The highest BCUT2D eigenvalue weighted by molar-refractivity contribution is 9.09. The largest absolute Gasteiger partial charge is 0.361 e. The van der Waals surface area contributed by atoms with Gasteiger partial charge in [0, 0.05) is 10.9 Å². The van der Waals surface area contributed by atoms with Crippen molar-refractivity contribution in [3.63, 3.8) is 0 Å². The number of rotatable bonds is 3. The van der Waals surface area contributed by atoms with Crippen LogP contribution < -0.4 is 0 Å². The van der Waals surface area contributed by atoms with E-state index in [0.717, 1.165) is 29.6 Å². The smallest absolute Gasteiger partial charge is 0.137 e. The first-order valence-corrected chi connectivity index (χ1v) is 4.85. The molecule has 0 bridgehead atoms. The minimum Gasteiger partial charge on any atom is -0.361 e. The van der Waals surface area contributed by atoms with Gasteiger partial charge >= 0.3 is 0 Å². The van der Waals surface area contributed by atoms with Crippen LogP contribution in [0, 0.1) is 13.8 Å². The van der Waals surface area contributed by atoms with Gasteiger partial charge in [0.15, 0.2) is 0 Å². The zero-order chi connectivity index (χ0) is 8.27. The third kappa shape index (κ3) is 2.06. The van der Waals surface area contributed by atoms with Gasteiger partial charge in [-0.15, -0.1) is 0 Å². The summed E-state index contributed by atoms with van der Waals surface area (Å²) in [5, 5.41) is 4.92. The van der Waals surface area contributed by atoms with Gasteiger partial charge in [0.2, 0.25) is 0 Å². The average molecular weight is 218 g/mol. The molecule has 1 aromatic heterocycles. The van der Waals surface area contributed by atoms with E-state index >= 15 is 0 Å². The fourth-order valence-electron chi connectivity index (χ4n) is 1.10. The third-order valence-electron chi connectivity index (χ3n) is 1.74. The van der Waals surface area contributed by atoms with E-state index in [0.29, 0.717) is 0 Å². The van der Waals surface area contributed by atoms with E-state index in [2.05, 4.69) is 21.1 Å². The van der Waals surface area contributed by atoms with Crippen molar-refractivity contribution in [2.75, 3.05) is 5.33 Å². The molecule has 2 nitrogen and oxygen atoms in total. The van der Waals surface area contributed by atoms with Crippen LogP contribution in [-0.4, -0.2) is 10.5 Å². The first-order valence-electron chi connectivity index (χ1n) is 3.73. The van der Waals surface area contributed by atoms with Gasteiger partial charge in [-0.2, -0.15) is 0 Å². The number of nitrogens with zero attached hydrogens (tertiary/aromatic N) is 1. The van der Waals surface area contributed by atoms with Gasteiger partial charge in [-0.1, -0.05) is 21.1 Å². The quantitative estimate of drug-likeness (QED) is 0.729. The molecule has 1 aromatic rings. The lowest BCUT2D eigenvalue weighted by Crippen LogP contribution is -1.88. The summed E-state index contributed by atoms with van der Waals surface area (Å²) in [6.45, 7) is 3.95. The molecule has 0 saturated heterocycles. The van der Waals surface area contributed by atoms with E-state index in [9.17, 15) is 0 Å². The second kappa shape index (κ2) is 3.90. The van der Waals surface area contributed by atoms with Gasteiger partial charge in [-0.3, -0.25) is 0 Å². The van der Waals surface area contributed by atoms with Crippen LogP contribution in [0.15, 0.2) is 4.52 Å². The fraction of sp³-hybridized carbons (Fsp3) is 0.625. The van der Waals surface area contributed by atoms with Crippen LogP contribution in [0.25, 0.3) is 0 Å².